The minimum Gasteiger partial charge on any atom is -0.481 e. The van der Waals surface area contributed by atoms with Gasteiger partial charge in [-0.3, -0.25) is 4.90 Å². The maximum atomic E-state index is 11.9. The summed E-state index contributed by atoms with van der Waals surface area (Å²) in [6.45, 7) is 2.35. The summed E-state index contributed by atoms with van der Waals surface area (Å²) in [6, 6.07) is 0.239. The Balaban J connectivity index is 1.56. The lowest BCUT2D eigenvalue weighted by Crippen LogP contribution is -2.58. The van der Waals surface area contributed by atoms with Crippen LogP contribution in [0, 0.1) is 11.8 Å². The molecule has 2 atom stereocenters. The van der Waals surface area contributed by atoms with E-state index in [-0.39, 0.29) is 17.8 Å². The molecule has 1 aliphatic heterocycles. The van der Waals surface area contributed by atoms with E-state index in [0.29, 0.717) is 17.4 Å². The van der Waals surface area contributed by atoms with E-state index in [0.717, 1.165) is 44.5 Å². The molecule has 1 saturated heterocycles. The zero-order valence-electron chi connectivity index (χ0n) is 18.1. The number of ether oxygens (including phenoxy) is 2. The lowest BCUT2D eigenvalue weighted by Gasteiger charge is -2.53. The van der Waals surface area contributed by atoms with Crippen LogP contribution in [0.4, 0.5) is 5.95 Å². The van der Waals surface area contributed by atoms with Crippen molar-refractivity contribution in [3.8, 4) is 11.9 Å². The summed E-state index contributed by atoms with van der Waals surface area (Å²) in [5.74, 6) is 1.26. The largest absolute Gasteiger partial charge is 0.481 e. The second-order valence-corrected chi connectivity index (χ2v) is 8.41. The van der Waals surface area contributed by atoms with Gasteiger partial charge in [0.05, 0.1) is 19.8 Å². The van der Waals surface area contributed by atoms with Gasteiger partial charge in [0.1, 0.15) is 5.60 Å². The van der Waals surface area contributed by atoms with E-state index < -0.39 is 5.60 Å². The first kappa shape index (κ1) is 20.7. The van der Waals surface area contributed by atoms with Crippen molar-refractivity contribution in [1.29, 1.82) is 0 Å². The van der Waals surface area contributed by atoms with Crippen molar-refractivity contribution in [2.75, 3.05) is 46.3 Å². The second-order valence-electron chi connectivity index (χ2n) is 8.41. The fraction of sp³-hybridized carbons (Fsp3) is 0.619. The van der Waals surface area contributed by atoms with Gasteiger partial charge in [-0.25, -0.2) is 15.0 Å². The number of piperidine rings is 1. The van der Waals surface area contributed by atoms with Gasteiger partial charge in [-0.05, 0) is 12.8 Å². The van der Waals surface area contributed by atoms with E-state index in [1.165, 1.54) is 7.11 Å². The van der Waals surface area contributed by atoms with Gasteiger partial charge in [-0.15, -0.1) is 0 Å². The van der Waals surface area contributed by atoms with Crippen LogP contribution in [0.25, 0.3) is 0 Å². The van der Waals surface area contributed by atoms with Crippen LogP contribution in [0.1, 0.15) is 30.4 Å². The van der Waals surface area contributed by atoms with Gasteiger partial charge >= 0.3 is 6.01 Å². The first-order valence-corrected chi connectivity index (χ1v) is 10.3. The number of anilines is 1. The second kappa shape index (κ2) is 8.31. The molecule has 1 aliphatic carbocycles. The molecule has 1 N–H and O–H groups in total. The normalized spacial score (nSPS) is 26.3. The minimum absolute atomic E-state index is 0.0814. The molecule has 4 rings (SSSR count). The van der Waals surface area contributed by atoms with E-state index in [1.807, 2.05) is 31.4 Å². The average Bonchev–Trinajstić information content (AvgIpc) is 2.74. The zero-order valence-corrected chi connectivity index (χ0v) is 18.1. The molecule has 2 unspecified atom stereocenters. The average molecular weight is 415 g/mol. The van der Waals surface area contributed by atoms with Gasteiger partial charge in [-0.1, -0.05) is 6.42 Å². The van der Waals surface area contributed by atoms with Crippen LogP contribution in [0.5, 0.6) is 11.9 Å². The van der Waals surface area contributed by atoms with E-state index in [9.17, 15) is 5.11 Å². The van der Waals surface area contributed by atoms with Gasteiger partial charge in [-0.2, -0.15) is 4.98 Å². The Bertz CT molecular complexity index is 862. The summed E-state index contributed by atoms with van der Waals surface area (Å²) in [5, 5.41) is 11.9. The lowest BCUT2D eigenvalue weighted by molar-refractivity contribution is -0.149. The summed E-state index contributed by atoms with van der Waals surface area (Å²) in [4.78, 5) is 21.7. The molecule has 0 spiro atoms. The number of aliphatic hydroxyl groups is 1. The van der Waals surface area contributed by atoms with Crippen LogP contribution in [0.15, 0.2) is 18.6 Å². The number of aromatic nitrogens is 4. The predicted octanol–water partition coefficient (Wildman–Crippen LogP) is 1.47. The number of likely N-dealkylation sites (tertiary alicyclic amines) is 1. The Morgan fingerprint density at radius 3 is 2.30 bits per heavy atom. The highest BCUT2D eigenvalue weighted by Gasteiger charge is 2.53. The summed E-state index contributed by atoms with van der Waals surface area (Å²) < 4.78 is 10.6. The van der Waals surface area contributed by atoms with Crippen LogP contribution in [-0.2, 0) is 12.1 Å². The third kappa shape index (κ3) is 3.67. The van der Waals surface area contributed by atoms with Crippen molar-refractivity contribution in [3.63, 3.8) is 0 Å². The molecule has 2 aliphatic rings. The fourth-order valence-corrected chi connectivity index (χ4v) is 4.91. The Morgan fingerprint density at radius 2 is 1.73 bits per heavy atom. The SMILES string of the molecule is COc1ncc(C2(O)C3CCCC2CN(Cc2cnc(N(C)C)nc2)C3)c(OC)n1. The minimum atomic E-state index is -1.00. The Kier molecular flexibility index (Phi) is 5.75. The van der Waals surface area contributed by atoms with Gasteiger partial charge in [0, 0.05) is 69.7 Å². The molecule has 0 amide bonds. The van der Waals surface area contributed by atoms with Crippen LogP contribution in [0.3, 0.4) is 0 Å². The molecule has 2 fully saturated rings. The summed E-state index contributed by atoms with van der Waals surface area (Å²) in [5.41, 5.74) is 0.741. The lowest BCUT2D eigenvalue weighted by atomic mass is 9.63. The standard InChI is InChI=1S/C21H30N6O3/c1-26(2)19-22-8-14(9-23-19)11-27-12-15-6-5-7-16(13-27)21(15,28)17-10-24-20(30-4)25-18(17)29-3/h8-10,15-16,28H,5-7,11-13H2,1-4H3. The summed E-state index contributed by atoms with van der Waals surface area (Å²) >= 11 is 0. The van der Waals surface area contributed by atoms with E-state index in [4.69, 9.17) is 9.47 Å². The fourth-order valence-electron chi connectivity index (χ4n) is 4.91. The Morgan fingerprint density at radius 1 is 1.07 bits per heavy atom. The number of methoxy groups -OCH3 is 2. The molecule has 1 saturated carbocycles. The van der Waals surface area contributed by atoms with Crippen LogP contribution >= 0.6 is 0 Å². The Labute approximate surface area is 177 Å². The molecule has 9 heteroatoms. The quantitative estimate of drug-likeness (QED) is 0.753. The molecule has 30 heavy (non-hydrogen) atoms. The molecule has 0 radical (unpaired) electrons. The first-order valence-electron chi connectivity index (χ1n) is 10.3. The predicted molar refractivity (Wildman–Crippen MR) is 111 cm³/mol. The molecule has 0 aromatic carbocycles. The zero-order chi connectivity index (χ0) is 21.3. The molecule has 3 heterocycles. The van der Waals surface area contributed by atoms with Gasteiger partial charge in [0.15, 0.2) is 0 Å². The Hall–Kier alpha value is -2.52. The highest BCUT2D eigenvalue weighted by Crippen LogP contribution is 2.51. The third-order valence-electron chi connectivity index (χ3n) is 6.34. The number of nitrogens with zero attached hydrogens (tertiary/aromatic N) is 6. The van der Waals surface area contributed by atoms with Crippen molar-refractivity contribution < 1.29 is 14.6 Å². The summed E-state index contributed by atoms with van der Waals surface area (Å²) in [6.07, 6.45) is 8.47. The maximum Gasteiger partial charge on any atom is 0.319 e. The number of rotatable bonds is 6. The van der Waals surface area contributed by atoms with Crippen LogP contribution in [-0.4, -0.2) is 71.3 Å². The van der Waals surface area contributed by atoms with Gasteiger partial charge in [0.2, 0.25) is 11.8 Å². The monoisotopic (exact) mass is 414 g/mol. The molecule has 9 nitrogen and oxygen atoms in total. The summed E-state index contributed by atoms with van der Waals surface area (Å²) in [7, 11) is 6.94. The van der Waals surface area contributed by atoms with Crippen LogP contribution in [0.2, 0.25) is 0 Å². The molecular weight excluding hydrogens is 384 g/mol. The van der Waals surface area contributed by atoms with Crippen molar-refractivity contribution in [1.82, 2.24) is 24.8 Å². The van der Waals surface area contributed by atoms with Crippen LogP contribution < -0.4 is 14.4 Å². The third-order valence-corrected chi connectivity index (χ3v) is 6.34. The van der Waals surface area contributed by atoms with E-state index in [1.54, 1.807) is 13.3 Å². The first-order chi connectivity index (χ1) is 14.5. The molecule has 2 aromatic heterocycles. The molecule has 2 aromatic rings. The maximum absolute atomic E-state index is 11.9. The molecular formula is C21H30N6O3. The van der Waals surface area contributed by atoms with Gasteiger partial charge < -0.3 is 19.5 Å². The van der Waals surface area contributed by atoms with Crippen molar-refractivity contribution in [3.05, 3.63) is 29.7 Å². The van der Waals surface area contributed by atoms with Crippen molar-refractivity contribution in [2.45, 2.75) is 31.4 Å². The highest BCUT2D eigenvalue weighted by molar-refractivity contribution is 5.34. The topological polar surface area (TPSA) is 96.7 Å². The van der Waals surface area contributed by atoms with E-state index in [2.05, 4.69) is 24.8 Å². The van der Waals surface area contributed by atoms with Gasteiger partial charge in [0.25, 0.3) is 0 Å². The molecule has 162 valence electrons. The van der Waals surface area contributed by atoms with E-state index >= 15 is 0 Å². The molecule has 2 bridgehead atoms. The van der Waals surface area contributed by atoms with Crippen molar-refractivity contribution >= 4 is 5.95 Å². The smallest absolute Gasteiger partial charge is 0.319 e. The highest BCUT2D eigenvalue weighted by atomic mass is 16.5. The number of hydrogen-bond acceptors (Lipinski definition) is 9. The number of hydrogen-bond donors (Lipinski definition) is 1. The van der Waals surface area contributed by atoms with Crippen molar-refractivity contribution in [2.24, 2.45) is 11.8 Å². The number of fused-ring (bicyclic) bond motifs is 2.